The van der Waals surface area contributed by atoms with Crippen LogP contribution in [0.2, 0.25) is 0 Å². The summed E-state index contributed by atoms with van der Waals surface area (Å²) in [5.74, 6) is 1.59. The summed E-state index contributed by atoms with van der Waals surface area (Å²) >= 11 is 0. The Bertz CT molecular complexity index is 793. The zero-order chi connectivity index (χ0) is 18.1. The first kappa shape index (κ1) is 17.3. The van der Waals surface area contributed by atoms with Gasteiger partial charge in [0, 0.05) is 31.3 Å². The fourth-order valence-electron chi connectivity index (χ4n) is 4.31. The first-order valence-corrected chi connectivity index (χ1v) is 9.77. The third-order valence-electron chi connectivity index (χ3n) is 5.66. The molecule has 1 atom stereocenters. The van der Waals surface area contributed by atoms with Crippen LogP contribution in [0.15, 0.2) is 24.3 Å². The van der Waals surface area contributed by atoms with Gasteiger partial charge < -0.3 is 5.32 Å². The molecule has 0 spiro atoms. The SMILES string of the molecule is CC1CCCN(Cc2ccc(C(=O)Nc3c4c(nn3C)CCC4)cc2)C1. The molecule has 1 aromatic carbocycles. The number of rotatable bonds is 4. The molecular weight excluding hydrogens is 324 g/mol. The molecule has 1 aromatic heterocycles. The van der Waals surface area contributed by atoms with Gasteiger partial charge in [-0.25, -0.2) is 0 Å². The quantitative estimate of drug-likeness (QED) is 0.918. The second-order valence-corrected chi connectivity index (χ2v) is 7.88. The summed E-state index contributed by atoms with van der Waals surface area (Å²) < 4.78 is 1.80. The second-order valence-electron chi connectivity index (χ2n) is 7.88. The number of likely N-dealkylation sites (tertiary alicyclic amines) is 1. The van der Waals surface area contributed by atoms with Gasteiger partial charge in [0.25, 0.3) is 5.91 Å². The van der Waals surface area contributed by atoms with E-state index in [2.05, 4.69) is 34.4 Å². The van der Waals surface area contributed by atoms with Crippen molar-refractivity contribution in [1.29, 1.82) is 0 Å². The molecule has 4 rings (SSSR count). The molecule has 5 nitrogen and oxygen atoms in total. The van der Waals surface area contributed by atoms with Gasteiger partial charge >= 0.3 is 0 Å². The molecule has 26 heavy (non-hydrogen) atoms. The maximum absolute atomic E-state index is 12.6. The van der Waals surface area contributed by atoms with Crippen LogP contribution in [-0.4, -0.2) is 33.7 Å². The van der Waals surface area contributed by atoms with Crippen LogP contribution in [0, 0.1) is 5.92 Å². The number of nitrogens with zero attached hydrogens (tertiary/aromatic N) is 3. The topological polar surface area (TPSA) is 50.2 Å². The Hall–Kier alpha value is -2.14. The Morgan fingerprint density at radius 3 is 2.81 bits per heavy atom. The normalized spacial score (nSPS) is 20.2. The van der Waals surface area contributed by atoms with E-state index < -0.39 is 0 Å². The predicted molar refractivity (Wildman–Crippen MR) is 103 cm³/mol. The molecule has 5 heteroatoms. The molecule has 1 saturated heterocycles. The molecule has 1 unspecified atom stereocenters. The molecule has 0 bridgehead atoms. The third-order valence-corrected chi connectivity index (χ3v) is 5.66. The van der Waals surface area contributed by atoms with E-state index in [1.165, 1.54) is 37.1 Å². The van der Waals surface area contributed by atoms with Crippen LogP contribution in [-0.2, 0) is 26.4 Å². The third kappa shape index (κ3) is 3.54. The fraction of sp³-hybridized carbons (Fsp3) is 0.524. The molecule has 1 fully saturated rings. The van der Waals surface area contributed by atoms with Crippen molar-refractivity contribution in [3.63, 3.8) is 0 Å². The highest BCUT2D eigenvalue weighted by Crippen LogP contribution is 2.28. The zero-order valence-corrected chi connectivity index (χ0v) is 15.8. The minimum atomic E-state index is -0.0548. The molecule has 138 valence electrons. The second kappa shape index (κ2) is 7.23. The Balaban J connectivity index is 1.41. The van der Waals surface area contributed by atoms with Gasteiger partial charge in [0.15, 0.2) is 0 Å². The molecule has 2 aromatic rings. The van der Waals surface area contributed by atoms with Crippen LogP contribution in [0.1, 0.15) is 53.4 Å². The van der Waals surface area contributed by atoms with Crippen LogP contribution >= 0.6 is 0 Å². The molecule has 1 aliphatic heterocycles. The first-order valence-electron chi connectivity index (χ1n) is 9.77. The maximum atomic E-state index is 12.6. The Labute approximate surface area is 155 Å². The van der Waals surface area contributed by atoms with Gasteiger partial charge in [-0.2, -0.15) is 5.10 Å². The lowest BCUT2D eigenvalue weighted by molar-refractivity contribution is 0.102. The summed E-state index contributed by atoms with van der Waals surface area (Å²) in [5.41, 5.74) is 4.32. The number of carbonyl (C=O) groups is 1. The number of aryl methyl sites for hydroxylation is 2. The highest BCUT2D eigenvalue weighted by molar-refractivity contribution is 6.04. The van der Waals surface area contributed by atoms with Gasteiger partial charge in [-0.3, -0.25) is 14.4 Å². The highest BCUT2D eigenvalue weighted by atomic mass is 16.1. The summed E-state index contributed by atoms with van der Waals surface area (Å²) in [5, 5.41) is 7.58. The number of nitrogens with one attached hydrogen (secondary N) is 1. The van der Waals surface area contributed by atoms with Crippen molar-refractivity contribution in [3.05, 3.63) is 46.6 Å². The first-order chi connectivity index (χ1) is 12.6. The highest BCUT2D eigenvalue weighted by Gasteiger charge is 2.22. The van der Waals surface area contributed by atoms with Crippen molar-refractivity contribution in [2.24, 2.45) is 13.0 Å². The van der Waals surface area contributed by atoms with Gasteiger partial charge in [0.05, 0.1) is 5.69 Å². The summed E-state index contributed by atoms with van der Waals surface area (Å²) in [6.45, 7) is 5.66. The van der Waals surface area contributed by atoms with Gasteiger partial charge in [-0.1, -0.05) is 19.1 Å². The van der Waals surface area contributed by atoms with Gasteiger partial charge in [0.2, 0.25) is 0 Å². The van der Waals surface area contributed by atoms with E-state index in [1.54, 1.807) is 4.68 Å². The van der Waals surface area contributed by atoms with Gasteiger partial charge in [-0.15, -0.1) is 0 Å². The van der Waals surface area contributed by atoms with Crippen LogP contribution in [0.3, 0.4) is 0 Å². The van der Waals surface area contributed by atoms with E-state index in [9.17, 15) is 4.79 Å². The van der Waals surface area contributed by atoms with E-state index in [0.29, 0.717) is 5.56 Å². The average molecular weight is 352 g/mol. The van der Waals surface area contributed by atoms with Crippen LogP contribution in [0.25, 0.3) is 0 Å². The molecule has 0 saturated carbocycles. The fourth-order valence-corrected chi connectivity index (χ4v) is 4.31. The molecule has 0 radical (unpaired) electrons. The van der Waals surface area contributed by atoms with E-state index in [-0.39, 0.29) is 5.91 Å². The zero-order valence-electron chi connectivity index (χ0n) is 15.8. The van der Waals surface area contributed by atoms with Crippen molar-refractivity contribution in [1.82, 2.24) is 14.7 Å². The van der Waals surface area contributed by atoms with Crippen molar-refractivity contribution < 1.29 is 4.79 Å². The Morgan fingerprint density at radius 2 is 2.04 bits per heavy atom. The van der Waals surface area contributed by atoms with E-state index in [4.69, 9.17) is 0 Å². The van der Waals surface area contributed by atoms with Crippen molar-refractivity contribution in [3.8, 4) is 0 Å². The summed E-state index contributed by atoms with van der Waals surface area (Å²) in [4.78, 5) is 15.2. The van der Waals surface area contributed by atoms with E-state index >= 15 is 0 Å². The van der Waals surface area contributed by atoms with Crippen LogP contribution in [0.5, 0.6) is 0 Å². The van der Waals surface area contributed by atoms with Crippen molar-refractivity contribution in [2.45, 2.75) is 45.6 Å². The molecule has 1 amide bonds. The summed E-state index contributed by atoms with van der Waals surface area (Å²) in [6.07, 6.45) is 5.78. The van der Waals surface area contributed by atoms with Gasteiger partial charge in [-0.05, 0) is 62.3 Å². The maximum Gasteiger partial charge on any atom is 0.256 e. The molecule has 2 aliphatic rings. The average Bonchev–Trinajstić information content (AvgIpc) is 3.18. The van der Waals surface area contributed by atoms with Gasteiger partial charge in [0.1, 0.15) is 5.82 Å². The van der Waals surface area contributed by atoms with E-state index in [0.717, 1.165) is 43.2 Å². The lowest BCUT2D eigenvalue weighted by Gasteiger charge is -2.30. The Kier molecular flexibility index (Phi) is 4.81. The number of aromatic nitrogens is 2. The lowest BCUT2D eigenvalue weighted by Crippen LogP contribution is -2.33. The minimum absolute atomic E-state index is 0.0548. The van der Waals surface area contributed by atoms with Crippen molar-refractivity contribution >= 4 is 11.7 Å². The summed E-state index contributed by atoms with van der Waals surface area (Å²) in [6, 6.07) is 8.05. The van der Waals surface area contributed by atoms with Crippen LogP contribution in [0.4, 0.5) is 5.82 Å². The number of hydrogen-bond acceptors (Lipinski definition) is 3. The number of hydrogen-bond donors (Lipinski definition) is 1. The monoisotopic (exact) mass is 352 g/mol. The number of anilines is 1. The standard InChI is InChI=1S/C21H28N4O/c1-15-5-4-12-25(13-15)14-16-8-10-17(11-9-16)21(26)22-20-18-6-3-7-19(18)23-24(20)2/h8-11,15H,3-7,12-14H2,1-2H3,(H,22,26). The van der Waals surface area contributed by atoms with E-state index in [1.807, 2.05) is 19.2 Å². The number of carbonyl (C=O) groups excluding carboxylic acids is 1. The lowest BCUT2D eigenvalue weighted by atomic mass is 9.99. The van der Waals surface area contributed by atoms with Crippen molar-refractivity contribution in [2.75, 3.05) is 18.4 Å². The number of piperidine rings is 1. The Morgan fingerprint density at radius 1 is 1.23 bits per heavy atom. The predicted octanol–water partition coefficient (Wildman–Crippen LogP) is 3.39. The minimum Gasteiger partial charge on any atom is -0.307 e. The molecular formula is C21H28N4O. The number of amides is 1. The number of benzene rings is 1. The smallest absolute Gasteiger partial charge is 0.256 e. The molecule has 1 N–H and O–H groups in total. The molecule has 2 heterocycles. The number of fused-ring (bicyclic) bond motifs is 1. The summed E-state index contributed by atoms with van der Waals surface area (Å²) in [7, 11) is 1.90. The van der Waals surface area contributed by atoms with Crippen LogP contribution < -0.4 is 5.32 Å². The largest absolute Gasteiger partial charge is 0.307 e. The molecule has 1 aliphatic carbocycles.